The Kier molecular flexibility index (Phi) is 5.57. The summed E-state index contributed by atoms with van der Waals surface area (Å²) < 4.78 is 0. The van der Waals surface area contributed by atoms with Gasteiger partial charge in [-0.2, -0.15) is 0 Å². The first-order valence-electron chi connectivity index (χ1n) is 5.35. The molecular formula is C11H24OSi. The van der Waals surface area contributed by atoms with Gasteiger partial charge in [0.1, 0.15) is 0 Å². The monoisotopic (exact) mass is 200 g/mol. The summed E-state index contributed by atoms with van der Waals surface area (Å²) in [4.78, 5) is 10.4. The van der Waals surface area contributed by atoms with E-state index in [9.17, 15) is 4.80 Å². The summed E-state index contributed by atoms with van der Waals surface area (Å²) in [5, 5.41) is 0. The molecule has 0 rings (SSSR count). The highest BCUT2D eigenvalue weighted by atomic mass is 28.4. The zero-order valence-electron chi connectivity index (χ0n) is 9.67. The van der Waals surface area contributed by atoms with Crippen molar-refractivity contribution in [1.82, 2.24) is 0 Å². The van der Waals surface area contributed by atoms with Crippen LogP contribution >= 0.6 is 0 Å². The molecule has 1 nitrogen and oxygen atoms in total. The van der Waals surface area contributed by atoms with Crippen molar-refractivity contribution in [2.75, 3.05) is 0 Å². The molecule has 0 unspecified atom stereocenters. The van der Waals surface area contributed by atoms with Crippen LogP contribution in [-0.4, -0.2) is 13.1 Å². The zero-order chi connectivity index (χ0) is 10.5. The molecule has 0 aromatic rings. The van der Waals surface area contributed by atoms with Crippen LogP contribution in [-0.2, 0) is 0 Å². The molecule has 0 amide bonds. The molecular weight excluding hydrogens is 176 g/mol. The van der Waals surface area contributed by atoms with E-state index in [1.165, 1.54) is 0 Å². The molecule has 0 aliphatic heterocycles. The molecule has 0 saturated carbocycles. The topological polar surface area (TPSA) is 20.2 Å². The Bertz CT molecular complexity index is 153. The SMILES string of the molecule is CCC/C=C/[Si](O)(C(C)C)C(C)C. The van der Waals surface area contributed by atoms with Gasteiger partial charge in [-0.15, -0.1) is 0 Å². The maximum absolute atomic E-state index is 10.4. The van der Waals surface area contributed by atoms with Crippen molar-refractivity contribution in [2.24, 2.45) is 0 Å². The van der Waals surface area contributed by atoms with Gasteiger partial charge in [0, 0.05) is 0 Å². The third kappa shape index (κ3) is 3.65. The molecule has 0 bridgehead atoms. The predicted octanol–water partition coefficient (Wildman–Crippen LogP) is 3.64. The number of rotatable bonds is 5. The van der Waals surface area contributed by atoms with Gasteiger partial charge in [0.05, 0.1) is 0 Å². The molecule has 0 spiro atoms. The summed E-state index contributed by atoms with van der Waals surface area (Å²) in [5.41, 5.74) is 2.95. The van der Waals surface area contributed by atoms with Crippen LogP contribution in [0.4, 0.5) is 0 Å². The number of unbranched alkanes of at least 4 members (excludes halogenated alkanes) is 1. The summed E-state index contributed by atoms with van der Waals surface area (Å²) in [7, 11) is -2.12. The van der Waals surface area contributed by atoms with E-state index in [1.807, 2.05) is 0 Å². The van der Waals surface area contributed by atoms with Crippen LogP contribution in [0.15, 0.2) is 11.8 Å². The normalized spacial score (nSPS) is 13.5. The van der Waals surface area contributed by atoms with Crippen molar-refractivity contribution in [3.05, 3.63) is 11.8 Å². The van der Waals surface area contributed by atoms with E-state index < -0.39 is 8.32 Å². The first-order chi connectivity index (χ1) is 5.95. The molecule has 1 N–H and O–H groups in total. The fourth-order valence-corrected chi connectivity index (χ4v) is 4.14. The fourth-order valence-electron chi connectivity index (χ4n) is 1.49. The minimum Gasteiger partial charge on any atom is -0.427 e. The Morgan fingerprint density at radius 2 is 1.62 bits per heavy atom. The van der Waals surface area contributed by atoms with E-state index in [0.717, 1.165) is 12.8 Å². The first-order valence-corrected chi connectivity index (χ1v) is 7.53. The predicted molar refractivity (Wildman–Crippen MR) is 62.2 cm³/mol. The van der Waals surface area contributed by atoms with Gasteiger partial charge in [-0.1, -0.05) is 52.8 Å². The van der Waals surface area contributed by atoms with Crippen LogP contribution in [0.5, 0.6) is 0 Å². The van der Waals surface area contributed by atoms with Gasteiger partial charge in [0.15, 0.2) is 0 Å². The molecule has 0 aliphatic rings. The van der Waals surface area contributed by atoms with E-state index >= 15 is 0 Å². The molecule has 0 heterocycles. The minimum absolute atomic E-state index is 0.417. The summed E-state index contributed by atoms with van der Waals surface area (Å²) >= 11 is 0. The van der Waals surface area contributed by atoms with Crippen molar-refractivity contribution in [2.45, 2.75) is 58.5 Å². The highest BCUT2D eigenvalue weighted by Crippen LogP contribution is 2.30. The van der Waals surface area contributed by atoms with Gasteiger partial charge >= 0.3 is 0 Å². The molecule has 0 radical (unpaired) electrons. The van der Waals surface area contributed by atoms with E-state index in [1.54, 1.807) is 0 Å². The minimum atomic E-state index is -2.12. The average Bonchev–Trinajstić information content (AvgIpc) is 2.03. The number of hydrogen-bond donors (Lipinski definition) is 1. The van der Waals surface area contributed by atoms with Crippen molar-refractivity contribution in [3.63, 3.8) is 0 Å². The molecule has 0 saturated heterocycles. The average molecular weight is 200 g/mol. The standard InChI is InChI=1S/C11H24OSi/c1-6-7-8-9-13(12,10(2)3)11(4)5/h8-12H,6-7H2,1-5H3/b9-8+. The second kappa shape index (κ2) is 5.61. The van der Waals surface area contributed by atoms with Crippen LogP contribution in [0.2, 0.25) is 11.1 Å². The highest BCUT2D eigenvalue weighted by Gasteiger charge is 2.35. The molecule has 0 aromatic heterocycles. The molecule has 0 atom stereocenters. The lowest BCUT2D eigenvalue weighted by Gasteiger charge is -2.29. The third-order valence-electron chi connectivity index (χ3n) is 2.69. The van der Waals surface area contributed by atoms with Gasteiger partial charge in [-0.05, 0) is 17.5 Å². The lowest BCUT2D eigenvalue weighted by molar-refractivity contribution is 0.511. The summed E-state index contributed by atoms with van der Waals surface area (Å²) in [5.74, 6) is 0. The summed E-state index contributed by atoms with van der Waals surface area (Å²) in [6.45, 7) is 10.7. The van der Waals surface area contributed by atoms with Crippen LogP contribution in [0.3, 0.4) is 0 Å². The van der Waals surface area contributed by atoms with Crippen molar-refractivity contribution >= 4 is 8.32 Å². The van der Waals surface area contributed by atoms with Crippen LogP contribution in [0.1, 0.15) is 47.5 Å². The quantitative estimate of drug-likeness (QED) is 0.672. The number of allylic oxidation sites excluding steroid dienone is 1. The Balaban J connectivity index is 4.42. The molecule has 0 aromatic carbocycles. The largest absolute Gasteiger partial charge is 0.427 e. The fraction of sp³-hybridized carbons (Fsp3) is 0.818. The highest BCUT2D eigenvalue weighted by molar-refractivity contribution is 6.79. The molecule has 2 heteroatoms. The van der Waals surface area contributed by atoms with Crippen molar-refractivity contribution in [3.8, 4) is 0 Å². The lowest BCUT2D eigenvalue weighted by Crippen LogP contribution is -2.39. The van der Waals surface area contributed by atoms with Crippen molar-refractivity contribution < 1.29 is 4.80 Å². The van der Waals surface area contributed by atoms with E-state index in [0.29, 0.717) is 11.1 Å². The molecule has 78 valence electrons. The number of hydrogen-bond acceptors (Lipinski definition) is 1. The van der Waals surface area contributed by atoms with Crippen LogP contribution in [0.25, 0.3) is 0 Å². The first kappa shape index (κ1) is 12.9. The Morgan fingerprint density at radius 3 is 1.92 bits per heavy atom. The van der Waals surface area contributed by atoms with Gasteiger partial charge < -0.3 is 4.80 Å². The third-order valence-corrected chi connectivity index (χ3v) is 7.16. The summed E-state index contributed by atoms with van der Waals surface area (Å²) in [6, 6.07) is 0. The second-order valence-corrected chi connectivity index (χ2v) is 8.81. The van der Waals surface area contributed by atoms with Crippen LogP contribution < -0.4 is 0 Å². The van der Waals surface area contributed by atoms with E-state index in [2.05, 4.69) is 46.4 Å². The maximum Gasteiger partial charge on any atom is 0.217 e. The van der Waals surface area contributed by atoms with E-state index in [-0.39, 0.29) is 0 Å². The maximum atomic E-state index is 10.4. The smallest absolute Gasteiger partial charge is 0.217 e. The molecule has 0 aliphatic carbocycles. The molecule has 0 fully saturated rings. The zero-order valence-corrected chi connectivity index (χ0v) is 10.7. The Morgan fingerprint density at radius 1 is 1.15 bits per heavy atom. The van der Waals surface area contributed by atoms with E-state index in [4.69, 9.17) is 0 Å². The van der Waals surface area contributed by atoms with Gasteiger partial charge in [-0.3, -0.25) is 0 Å². The molecule has 13 heavy (non-hydrogen) atoms. The summed E-state index contributed by atoms with van der Waals surface area (Å²) in [6.07, 6.45) is 4.41. The van der Waals surface area contributed by atoms with Gasteiger partial charge in [0.2, 0.25) is 8.32 Å². The Labute approximate surface area is 84.0 Å². The van der Waals surface area contributed by atoms with Crippen molar-refractivity contribution in [1.29, 1.82) is 0 Å². The van der Waals surface area contributed by atoms with Gasteiger partial charge in [0.25, 0.3) is 0 Å². The van der Waals surface area contributed by atoms with Gasteiger partial charge in [-0.25, -0.2) is 0 Å². The second-order valence-electron chi connectivity index (χ2n) is 4.39. The van der Waals surface area contributed by atoms with Crippen LogP contribution in [0, 0.1) is 0 Å². The lowest BCUT2D eigenvalue weighted by atomic mass is 10.3. The Hall–Kier alpha value is -0.0831.